The molecular weight excluding hydrogens is 214 g/mol. The van der Waals surface area contributed by atoms with E-state index in [1.807, 2.05) is 12.1 Å². The van der Waals surface area contributed by atoms with E-state index in [1.165, 1.54) is 20.5 Å². The highest BCUT2D eigenvalue weighted by Crippen LogP contribution is 2.32. The van der Waals surface area contributed by atoms with Gasteiger partial charge in [-0.1, -0.05) is 17.7 Å². The monoisotopic (exact) mass is 225 g/mol. The van der Waals surface area contributed by atoms with E-state index in [0.29, 0.717) is 6.54 Å². The van der Waals surface area contributed by atoms with Gasteiger partial charge in [-0.25, -0.2) is 0 Å². The second-order valence-corrected chi connectivity index (χ2v) is 4.90. The molecule has 1 nitrogen and oxygen atoms in total. The largest absolute Gasteiger partial charge is 0.330 e. The number of fused-ring (bicyclic) bond motifs is 1. The van der Waals surface area contributed by atoms with Crippen LogP contribution >= 0.6 is 22.9 Å². The van der Waals surface area contributed by atoms with Crippen LogP contribution in [0.2, 0.25) is 5.02 Å². The zero-order chi connectivity index (χ0) is 10.1. The molecule has 2 rings (SSSR count). The van der Waals surface area contributed by atoms with Crippen LogP contribution in [0.15, 0.2) is 18.2 Å². The molecular formula is C11H12ClNS. The van der Waals surface area contributed by atoms with Crippen molar-refractivity contribution in [3.05, 3.63) is 33.7 Å². The minimum atomic E-state index is 0.710. The molecule has 0 atom stereocenters. The normalized spacial score (nSPS) is 11.1. The van der Waals surface area contributed by atoms with Crippen LogP contribution in [0.1, 0.15) is 10.4 Å². The average molecular weight is 226 g/mol. The fraction of sp³-hybridized carbons (Fsp3) is 0.273. The number of rotatable bonds is 2. The first kappa shape index (κ1) is 9.97. The van der Waals surface area contributed by atoms with Gasteiger partial charge in [-0.2, -0.15) is 0 Å². The molecule has 3 heteroatoms. The maximum Gasteiger partial charge on any atom is 0.0420 e. The molecule has 14 heavy (non-hydrogen) atoms. The Morgan fingerprint density at radius 1 is 1.43 bits per heavy atom. The summed E-state index contributed by atoms with van der Waals surface area (Å²) in [5.74, 6) is 0. The number of aryl methyl sites for hydroxylation is 1. The van der Waals surface area contributed by atoms with Crippen LogP contribution in [0.5, 0.6) is 0 Å². The summed E-state index contributed by atoms with van der Waals surface area (Å²) in [5, 5.41) is 2.11. The Bertz CT molecular complexity index is 462. The number of thiophene rings is 1. The third-order valence-electron chi connectivity index (χ3n) is 2.37. The third kappa shape index (κ3) is 1.65. The van der Waals surface area contributed by atoms with E-state index in [-0.39, 0.29) is 0 Å². The van der Waals surface area contributed by atoms with Crippen molar-refractivity contribution >= 4 is 33.0 Å². The van der Waals surface area contributed by atoms with Gasteiger partial charge >= 0.3 is 0 Å². The smallest absolute Gasteiger partial charge is 0.0420 e. The van der Waals surface area contributed by atoms with E-state index in [9.17, 15) is 0 Å². The molecule has 0 aliphatic heterocycles. The van der Waals surface area contributed by atoms with Crippen molar-refractivity contribution < 1.29 is 0 Å². The number of nitrogens with two attached hydrogens (primary N) is 1. The molecule has 2 aromatic rings. The predicted octanol–water partition coefficient (Wildman–Crippen LogP) is 3.36. The summed E-state index contributed by atoms with van der Waals surface area (Å²) in [4.78, 5) is 1.38. The summed E-state index contributed by atoms with van der Waals surface area (Å²) >= 11 is 7.74. The van der Waals surface area contributed by atoms with E-state index >= 15 is 0 Å². The SMILES string of the molecule is Cc1c(CCN)sc2cc(Cl)ccc12. The second kappa shape index (κ2) is 3.89. The van der Waals surface area contributed by atoms with Crippen molar-refractivity contribution in [2.24, 2.45) is 5.73 Å². The fourth-order valence-electron chi connectivity index (χ4n) is 1.62. The van der Waals surface area contributed by atoms with Gasteiger partial charge < -0.3 is 5.73 Å². The van der Waals surface area contributed by atoms with Gasteiger partial charge in [0, 0.05) is 14.6 Å². The Labute approximate surface area is 92.5 Å². The zero-order valence-corrected chi connectivity index (χ0v) is 9.58. The fourth-order valence-corrected chi connectivity index (χ4v) is 3.12. The van der Waals surface area contributed by atoms with Crippen LogP contribution in [0, 0.1) is 6.92 Å². The van der Waals surface area contributed by atoms with E-state index in [0.717, 1.165) is 11.4 Å². The summed E-state index contributed by atoms with van der Waals surface area (Å²) in [6.45, 7) is 2.86. The molecule has 0 amide bonds. The van der Waals surface area contributed by atoms with Crippen LogP contribution in [0.25, 0.3) is 10.1 Å². The molecule has 0 unspecified atom stereocenters. The Hall–Kier alpha value is -0.570. The Balaban J connectivity index is 2.61. The van der Waals surface area contributed by atoms with E-state index in [4.69, 9.17) is 17.3 Å². The standard InChI is InChI=1S/C11H12ClNS/c1-7-9-3-2-8(12)6-11(9)14-10(7)4-5-13/h2-3,6H,4-5,13H2,1H3. The quantitative estimate of drug-likeness (QED) is 0.834. The maximum atomic E-state index is 5.94. The van der Waals surface area contributed by atoms with Crippen molar-refractivity contribution in [2.75, 3.05) is 6.54 Å². The van der Waals surface area contributed by atoms with Crippen LogP contribution in [-0.2, 0) is 6.42 Å². The minimum Gasteiger partial charge on any atom is -0.330 e. The van der Waals surface area contributed by atoms with E-state index in [2.05, 4.69) is 13.0 Å². The van der Waals surface area contributed by atoms with Crippen molar-refractivity contribution in [1.82, 2.24) is 0 Å². The topological polar surface area (TPSA) is 26.0 Å². The molecule has 0 aliphatic rings. The molecule has 0 radical (unpaired) electrons. The van der Waals surface area contributed by atoms with Crippen molar-refractivity contribution in [2.45, 2.75) is 13.3 Å². The maximum absolute atomic E-state index is 5.94. The first-order chi connectivity index (χ1) is 6.72. The molecule has 1 aromatic carbocycles. The highest BCUT2D eigenvalue weighted by Gasteiger charge is 2.07. The second-order valence-electron chi connectivity index (χ2n) is 3.33. The lowest BCUT2D eigenvalue weighted by Crippen LogP contribution is -2.01. The summed E-state index contributed by atoms with van der Waals surface area (Å²) in [6.07, 6.45) is 0.961. The Kier molecular flexibility index (Phi) is 2.77. The van der Waals surface area contributed by atoms with E-state index < -0.39 is 0 Å². The molecule has 0 saturated heterocycles. The van der Waals surface area contributed by atoms with Crippen molar-refractivity contribution in [1.29, 1.82) is 0 Å². The molecule has 74 valence electrons. The van der Waals surface area contributed by atoms with Gasteiger partial charge in [-0.05, 0) is 43.0 Å². The summed E-state index contributed by atoms with van der Waals surface area (Å²) in [5.41, 5.74) is 6.92. The number of hydrogen-bond acceptors (Lipinski definition) is 2. The average Bonchev–Trinajstić information content (AvgIpc) is 2.44. The molecule has 1 aromatic heterocycles. The molecule has 1 heterocycles. The predicted molar refractivity (Wildman–Crippen MR) is 64.3 cm³/mol. The van der Waals surface area contributed by atoms with Crippen LogP contribution < -0.4 is 5.73 Å². The van der Waals surface area contributed by atoms with Crippen molar-refractivity contribution in [3.8, 4) is 0 Å². The molecule has 0 saturated carbocycles. The summed E-state index contributed by atoms with van der Waals surface area (Å²) < 4.78 is 1.26. The number of hydrogen-bond donors (Lipinski definition) is 1. The van der Waals surface area contributed by atoms with E-state index in [1.54, 1.807) is 11.3 Å². The summed E-state index contributed by atoms with van der Waals surface area (Å²) in [7, 11) is 0. The lowest BCUT2D eigenvalue weighted by molar-refractivity contribution is 0.981. The number of benzene rings is 1. The molecule has 0 aliphatic carbocycles. The molecule has 0 bridgehead atoms. The van der Waals surface area contributed by atoms with Crippen LogP contribution in [0.4, 0.5) is 0 Å². The lowest BCUT2D eigenvalue weighted by atomic mass is 10.1. The van der Waals surface area contributed by atoms with Crippen molar-refractivity contribution in [3.63, 3.8) is 0 Å². The highest BCUT2D eigenvalue weighted by atomic mass is 35.5. The number of halogens is 1. The first-order valence-corrected chi connectivity index (χ1v) is 5.79. The van der Waals surface area contributed by atoms with Gasteiger partial charge in [-0.15, -0.1) is 11.3 Å². The minimum absolute atomic E-state index is 0.710. The van der Waals surface area contributed by atoms with Gasteiger partial charge in [0.1, 0.15) is 0 Å². The molecule has 0 fully saturated rings. The van der Waals surface area contributed by atoms with Gasteiger partial charge in [0.25, 0.3) is 0 Å². The molecule has 2 N–H and O–H groups in total. The Morgan fingerprint density at radius 3 is 2.93 bits per heavy atom. The lowest BCUT2D eigenvalue weighted by Gasteiger charge is -1.94. The zero-order valence-electron chi connectivity index (χ0n) is 8.01. The Morgan fingerprint density at radius 2 is 2.21 bits per heavy atom. The van der Waals surface area contributed by atoms with Gasteiger partial charge in [0.15, 0.2) is 0 Å². The van der Waals surface area contributed by atoms with Crippen LogP contribution in [-0.4, -0.2) is 6.54 Å². The highest BCUT2D eigenvalue weighted by molar-refractivity contribution is 7.19. The van der Waals surface area contributed by atoms with Crippen LogP contribution in [0.3, 0.4) is 0 Å². The first-order valence-electron chi connectivity index (χ1n) is 4.60. The van der Waals surface area contributed by atoms with Gasteiger partial charge in [0.05, 0.1) is 0 Å². The van der Waals surface area contributed by atoms with Gasteiger partial charge in [-0.3, -0.25) is 0 Å². The summed E-state index contributed by atoms with van der Waals surface area (Å²) in [6, 6.07) is 6.05. The van der Waals surface area contributed by atoms with Gasteiger partial charge in [0.2, 0.25) is 0 Å². The third-order valence-corrected chi connectivity index (χ3v) is 3.92. The molecule has 0 spiro atoms.